The topological polar surface area (TPSA) is 77.4 Å². The minimum atomic E-state index is 0.737. The number of azo groups is 3. The first-order valence-corrected chi connectivity index (χ1v) is 12.0. The first-order valence-electron chi connectivity index (χ1n) is 12.0. The molecule has 0 fully saturated rings. The van der Waals surface area contributed by atoms with Crippen LogP contribution in [0.1, 0.15) is 19.4 Å². The number of aryl methyl sites for hydroxylation is 1. The van der Waals surface area contributed by atoms with Gasteiger partial charge in [0.25, 0.3) is 0 Å². The van der Waals surface area contributed by atoms with E-state index in [1.165, 1.54) is 11.3 Å². The fourth-order valence-electron chi connectivity index (χ4n) is 3.45. The zero-order valence-electron chi connectivity index (χ0n) is 20.8. The van der Waals surface area contributed by atoms with Crippen LogP contribution in [0, 0.1) is 6.92 Å². The molecule has 0 radical (unpaired) electrons. The molecule has 0 aliphatic carbocycles. The quantitative estimate of drug-likeness (QED) is 0.222. The summed E-state index contributed by atoms with van der Waals surface area (Å²) < 4.78 is 0. The molecule has 0 saturated heterocycles. The summed E-state index contributed by atoms with van der Waals surface area (Å²) in [4.78, 5) is 2.29. The molecule has 0 unspecified atom stereocenters. The Hall–Kier alpha value is -4.52. The van der Waals surface area contributed by atoms with Gasteiger partial charge in [-0.25, -0.2) is 0 Å². The zero-order chi connectivity index (χ0) is 25.2. The van der Waals surface area contributed by atoms with Crippen LogP contribution in [0.5, 0.6) is 0 Å². The largest absolute Gasteiger partial charge is 0.372 e. The van der Waals surface area contributed by atoms with Gasteiger partial charge in [0.15, 0.2) is 0 Å². The smallest absolute Gasteiger partial charge is 0.0858 e. The Morgan fingerprint density at radius 1 is 0.417 bits per heavy atom. The van der Waals surface area contributed by atoms with Crippen molar-refractivity contribution in [2.24, 2.45) is 30.7 Å². The summed E-state index contributed by atoms with van der Waals surface area (Å²) in [6, 6.07) is 31.0. The molecule has 7 nitrogen and oxygen atoms in total. The van der Waals surface area contributed by atoms with Crippen molar-refractivity contribution in [2.75, 3.05) is 18.0 Å². The van der Waals surface area contributed by atoms with Crippen molar-refractivity contribution in [2.45, 2.75) is 20.8 Å². The van der Waals surface area contributed by atoms with Crippen LogP contribution in [0.25, 0.3) is 0 Å². The summed E-state index contributed by atoms with van der Waals surface area (Å²) in [6.45, 7) is 8.30. The van der Waals surface area contributed by atoms with E-state index < -0.39 is 0 Å². The summed E-state index contributed by atoms with van der Waals surface area (Å²) in [6.07, 6.45) is 0. The number of anilines is 1. The Balaban J connectivity index is 1.33. The second-order valence-electron chi connectivity index (χ2n) is 8.16. The van der Waals surface area contributed by atoms with Gasteiger partial charge in [0, 0.05) is 18.8 Å². The van der Waals surface area contributed by atoms with Crippen LogP contribution in [0.2, 0.25) is 0 Å². The van der Waals surface area contributed by atoms with E-state index in [4.69, 9.17) is 0 Å². The SMILES string of the molecule is CCN(CC)c1ccc(N=Nc2ccc(N=Nc3ccc(N=Nc4ccc(C)cc4)cc3)cc2)cc1. The van der Waals surface area contributed by atoms with Crippen molar-refractivity contribution in [3.8, 4) is 0 Å². The first-order chi connectivity index (χ1) is 17.6. The fraction of sp³-hybridized carbons (Fsp3) is 0.172. The summed E-state index contributed by atoms with van der Waals surface area (Å²) in [5.74, 6) is 0. The molecule has 0 aromatic heterocycles. The lowest BCUT2D eigenvalue weighted by Gasteiger charge is -2.20. The lowest BCUT2D eigenvalue weighted by Crippen LogP contribution is -2.21. The number of benzene rings is 4. The Labute approximate surface area is 212 Å². The van der Waals surface area contributed by atoms with Gasteiger partial charge in [0.2, 0.25) is 0 Å². The molecule has 0 aliphatic heterocycles. The van der Waals surface area contributed by atoms with Crippen LogP contribution in [0.3, 0.4) is 0 Å². The molecule has 0 aliphatic rings. The maximum atomic E-state index is 4.33. The third-order valence-corrected chi connectivity index (χ3v) is 5.55. The van der Waals surface area contributed by atoms with Gasteiger partial charge in [-0.15, -0.1) is 0 Å². The molecule has 0 amide bonds. The molecule has 0 N–H and O–H groups in total. The number of hydrogen-bond acceptors (Lipinski definition) is 7. The van der Waals surface area contributed by atoms with Gasteiger partial charge in [-0.05, 0) is 106 Å². The van der Waals surface area contributed by atoms with Crippen LogP contribution in [-0.4, -0.2) is 13.1 Å². The van der Waals surface area contributed by atoms with Crippen molar-refractivity contribution < 1.29 is 0 Å². The minimum Gasteiger partial charge on any atom is -0.372 e. The Bertz CT molecular complexity index is 1320. The monoisotopic (exact) mass is 475 g/mol. The normalized spacial score (nSPS) is 11.6. The molecule has 0 heterocycles. The summed E-state index contributed by atoms with van der Waals surface area (Å²) >= 11 is 0. The highest BCUT2D eigenvalue weighted by Gasteiger charge is 2.01. The van der Waals surface area contributed by atoms with Crippen molar-refractivity contribution in [3.63, 3.8) is 0 Å². The van der Waals surface area contributed by atoms with E-state index in [0.29, 0.717) is 0 Å². The third-order valence-electron chi connectivity index (χ3n) is 5.55. The van der Waals surface area contributed by atoms with Gasteiger partial charge in [-0.3, -0.25) is 0 Å². The molecule has 4 aromatic carbocycles. The van der Waals surface area contributed by atoms with E-state index in [-0.39, 0.29) is 0 Å². The van der Waals surface area contributed by atoms with E-state index in [1.54, 1.807) is 0 Å². The van der Waals surface area contributed by atoms with Crippen molar-refractivity contribution in [3.05, 3.63) is 103 Å². The minimum absolute atomic E-state index is 0.737. The second-order valence-corrected chi connectivity index (χ2v) is 8.16. The van der Waals surface area contributed by atoms with E-state index in [2.05, 4.69) is 61.6 Å². The highest BCUT2D eigenvalue weighted by atomic mass is 15.1. The van der Waals surface area contributed by atoms with Crippen LogP contribution in [0.4, 0.5) is 39.8 Å². The summed E-state index contributed by atoms with van der Waals surface area (Å²) in [5, 5.41) is 25.8. The molecule has 0 bridgehead atoms. The van der Waals surface area contributed by atoms with E-state index in [1.807, 2.05) is 91.9 Å². The van der Waals surface area contributed by atoms with E-state index in [0.717, 1.165) is 47.2 Å². The maximum absolute atomic E-state index is 4.33. The molecule has 180 valence electrons. The molecule has 7 heteroatoms. The predicted octanol–water partition coefficient (Wildman–Crippen LogP) is 10.1. The molecule has 4 rings (SSSR count). The lowest BCUT2D eigenvalue weighted by atomic mass is 10.2. The predicted molar refractivity (Wildman–Crippen MR) is 147 cm³/mol. The molecule has 0 spiro atoms. The maximum Gasteiger partial charge on any atom is 0.0858 e. The molecule has 4 aromatic rings. The third kappa shape index (κ3) is 6.99. The second kappa shape index (κ2) is 12.3. The number of rotatable bonds is 9. The van der Waals surface area contributed by atoms with Crippen LogP contribution < -0.4 is 4.90 Å². The van der Waals surface area contributed by atoms with Crippen molar-refractivity contribution >= 4 is 39.8 Å². The zero-order valence-corrected chi connectivity index (χ0v) is 20.8. The van der Waals surface area contributed by atoms with E-state index in [9.17, 15) is 0 Å². The molecule has 0 saturated carbocycles. The molecule has 36 heavy (non-hydrogen) atoms. The Morgan fingerprint density at radius 3 is 0.944 bits per heavy atom. The number of hydrogen-bond donors (Lipinski definition) is 0. The standard InChI is InChI=1S/C29H29N7/c1-4-36(5-2)29-20-18-28(19-21-29)35-34-27-16-14-26(15-17-27)33-32-25-12-10-24(11-13-25)31-30-23-8-6-22(3)7-9-23/h6-21H,4-5H2,1-3H3. The summed E-state index contributed by atoms with van der Waals surface area (Å²) in [5.41, 5.74) is 7.00. The van der Waals surface area contributed by atoms with Gasteiger partial charge >= 0.3 is 0 Å². The molecular formula is C29H29N7. The van der Waals surface area contributed by atoms with E-state index >= 15 is 0 Å². The molecular weight excluding hydrogens is 446 g/mol. The average molecular weight is 476 g/mol. The van der Waals surface area contributed by atoms with Crippen LogP contribution >= 0.6 is 0 Å². The highest BCUT2D eigenvalue weighted by Crippen LogP contribution is 2.26. The fourth-order valence-corrected chi connectivity index (χ4v) is 3.45. The summed E-state index contributed by atoms with van der Waals surface area (Å²) in [7, 11) is 0. The highest BCUT2D eigenvalue weighted by molar-refractivity contribution is 5.53. The number of nitrogens with zero attached hydrogens (tertiary/aromatic N) is 7. The first kappa shape index (κ1) is 24.6. The van der Waals surface area contributed by atoms with Gasteiger partial charge in [-0.2, -0.15) is 30.7 Å². The van der Waals surface area contributed by atoms with Gasteiger partial charge < -0.3 is 4.90 Å². The Morgan fingerprint density at radius 2 is 0.667 bits per heavy atom. The van der Waals surface area contributed by atoms with Gasteiger partial charge in [-0.1, -0.05) is 17.7 Å². The van der Waals surface area contributed by atoms with Gasteiger partial charge in [0.05, 0.1) is 34.1 Å². The van der Waals surface area contributed by atoms with Crippen molar-refractivity contribution in [1.82, 2.24) is 0 Å². The molecule has 0 atom stereocenters. The van der Waals surface area contributed by atoms with Gasteiger partial charge in [0.1, 0.15) is 0 Å². The average Bonchev–Trinajstić information content (AvgIpc) is 2.93. The van der Waals surface area contributed by atoms with Crippen molar-refractivity contribution in [1.29, 1.82) is 0 Å². The van der Waals surface area contributed by atoms with Crippen LogP contribution in [0.15, 0.2) is 128 Å². The van der Waals surface area contributed by atoms with Crippen LogP contribution in [-0.2, 0) is 0 Å². The lowest BCUT2D eigenvalue weighted by molar-refractivity contribution is 0.866. The Kier molecular flexibility index (Phi) is 8.38.